The molecule has 0 bridgehead atoms. The maximum atomic E-state index is 5.77. The van der Waals surface area contributed by atoms with Gasteiger partial charge >= 0.3 is 0 Å². The molecule has 0 aromatic carbocycles. The van der Waals surface area contributed by atoms with Gasteiger partial charge in [-0.2, -0.15) is 0 Å². The van der Waals surface area contributed by atoms with E-state index in [1.807, 2.05) is 18.2 Å². The minimum absolute atomic E-state index is 0.490. The molecule has 1 aliphatic heterocycles. The van der Waals surface area contributed by atoms with Crippen molar-refractivity contribution in [2.45, 2.75) is 12.8 Å². The van der Waals surface area contributed by atoms with Crippen LogP contribution in [-0.2, 0) is 4.74 Å². The number of aromatic nitrogens is 3. The van der Waals surface area contributed by atoms with Gasteiger partial charge in [-0.15, -0.1) is 0 Å². The lowest BCUT2D eigenvalue weighted by Gasteiger charge is -2.20. The molecule has 3 heterocycles. The Hall–Kier alpha value is -2.21. The molecule has 116 valence electrons. The van der Waals surface area contributed by atoms with Crippen LogP contribution in [0.2, 0.25) is 0 Å². The molecule has 0 radical (unpaired) electrons. The van der Waals surface area contributed by atoms with Gasteiger partial charge in [-0.1, -0.05) is 6.07 Å². The maximum absolute atomic E-state index is 5.77. The molecular weight excluding hydrogens is 280 g/mol. The lowest BCUT2D eigenvalue weighted by Crippen LogP contribution is -2.21. The fourth-order valence-corrected chi connectivity index (χ4v) is 2.47. The molecule has 0 atom stereocenters. The van der Waals surface area contributed by atoms with Crippen molar-refractivity contribution in [3.63, 3.8) is 0 Å². The molecule has 6 heteroatoms. The fraction of sp³-hybridized carbons (Fsp3) is 0.438. The number of nitrogens with zero attached hydrogens (tertiary/aromatic N) is 4. The van der Waals surface area contributed by atoms with Crippen LogP contribution in [0.1, 0.15) is 12.8 Å². The first-order valence-electron chi connectivity index (χ1n) is 7.53. The Bertz CT molecular complexity index is 600. The molecule has 0 saturated carbocycles. The average Bonchev–Trinajstić information content (AvgIpc) is 3.10. The molecule has 0 amide bonds. The van der Waals surface area contributed by atoms with E-state index >= 15 is 0 Å². The van der Waals surface area contributed by atoms with E-state index in [0.29, 0.717) is 24.8 Å². The summed E-state index contributed by atoms with van der Waals surface area (Å²) in [6.45, 7) is 3.03. The van der Waals surface area contributed by atoms with Gasteiger partial charge in [0.25, 0.3) is 0 Å². The molecule has 0 aliphatic carbocycles. The Balaban J connectivity index is 1.89. The van der Waals surface area contributed by atoms with Gasteiger partial charge in [-0.05, 0) is 25.0 Å². The van der Waals surface area contributed by atoms with E-state index in [9.17, 15) is 0 Å². The van der Waals surface area contributed by atoms with Gasteiger partial charge in [0.05, 0.1) is 12.8 Å². The van der Waals surface area contributed by atoms with E-state index < -0.39 is 0 Å². The first kappa shape index (κ1) is 14.7. The van der Waals surface area contributed by atoms with Crippen molar-refractivity contribution in [2.24, 2.45) is 0 Å². The summed E-state index contributed by atoms with van der Waals surface area (Å²) in [5.74, 6) is 2.18. The minimum atomic E-state index is 0.490. The highest BCUT2D eigenvalue weighted by Gasteiger charge is 2.20. The van der Waals surface area contributed by atoms with Crippen molar-refractivity contribution in [1.29, 1.82) is 0 Å². The lowest BCUT2D eigenvalue weighted by atomic mass is 10.3. The zero-order chi connectivity index (χ0) is 15.2. The average molecular weight is 300 g/mol. The Morgan fingerprint density at radius 3 is 2.73 bits per heavy atom. The Kier molecular flexibility index (Phi) is 4.80. The fourth-order valence-electron chi connectivity index (χ4n) is 2.47. The van der Waals surface area contributed by atoms with Gasteiger partial charge in [0, 0.05) is 26.4 Å². The third kappa shape index (κ3) is 3.33. The van der Waals surface area contributed by atoms with Crippen LogP contribution in [-0.4, -0.2) is 48.4 Å². The number of methoxy groups -OCH3 is 1. The molecule has 0 unspecified atom stereocenters. The first-order chi connectivity index (χ1) is 10.9. The number of hydrogen-bond acceptors (Lipinski definition) is 6. The second kappa shape index (κ2) is 7.17. The summed E-state index contributed by atoms with van der Waals surface area (Å²) in [5.41, 5.74) is 0.770. The highest BCUT2D eigenvalue weighted by atomic mass is 16.5. The zero-order valence-corrected chi connectivity index (χ0v) is 12.7. The van der Waals surface area contributed by atoms with E-state index in [4.69, 9.17) is 14.5 Å². The first-order valence-corrected chi connectivity index (χ1v) is 7.53. The molecule has 1 aliphatic rings. The number of rotatable bonds is 6. The highest BCUT2D eigenvalue weighted by molar-refractivity contribution is 5.58. The van der Waals surface area contributed by atoms with E-state index in [-0.39, 0.29) is 0 Å². The van der Waals surface area contributed by atoms with Crippen LogP contribution in [0.25, 0.3) is 11.5 Å². The van der Waals surface area contributed by atoms with Crippen LogP contribution < -0.4 is 9.64 Å². The minimum Gasteiger partial charge on any atom is -0.486 e. The maximum Gasteiger partial charge on any atom is 0.180 e. The van der Waals surface area contributed by atoms with Crippen molar-refractivity contribution in [3.05, 3.63) is 30.6 Å². The van der Waals surface area contributed by atoms with Crippen LogP contribution in [0, 0.1) is 0 Å². The Labute approximate surface area is 130 Å². The van der Waals surface area contributed by atoms with Crippen molar-refractivity contribution >= 4 is 5.82 Å². The molecule has 0 N–H and O–H groups in total. The summed E-state index contributed by atoms with van der Waals surface area (Å²) in [6, 6.07) is 5.73. The predicted molar refractivity (Wildman–Crippen MR) is 84.1 cm³/mol. The van der Waals surface area contributed by atoms with Gasteiger partial charge in [0.15, 0.2) is 17.4 Å². The normalized spacial score (nSPS) is 14.3. The molecule has 3 rings (SSSR count). The Morgan fingerprint density at radius 1 is 1.14 bits per heavy atom. The molecule has 6 nitrogen and oxygen atoms in total. The van der Waals surface area contributed by atoms with Crippen molar-refractivity contribution < 1.29 is 9.47 Å². The van der Waals surface area contributed by atoms with Crippen molar-refractivity contribution in [1.82, 2.24) is 15.0 Å². The second-order valence-electron chi connectivity index (χ2n) is 5.13. The summed E-state index contributed by atoms with van der Waals surface area (Å²) in [6.07, 6.45) is 5.85. The summed E-state index contributed by atoms with van der Waals surface area (Å²) in [7, 11) is 1.66. The lowest BCUT2D eigenvalue weighted by molar-refractivity contribution is 0.146. The van der Waals surface area contributed by atoms with Crippen LogP contribution >= 0.6 is 0 Å². The predicted octanol–water partition coefficient (Wildman–Crippen LogP) is 2.16. The van der Waals surface area contributed by atoms with Crippen molar-refractivity contribution in [3.8, 4) is 17.3 Å². The zero-order valence-electron chi connectivity index (χ0n) is 12.7. The van der Waals surface area contributed by atoms with E-state index in [0.717, 1.165) is 24.6 Å². The van der Waals surface area contributed by atoms with Crippen LogP contribution in [0.4, 0.5) is 5.82 Å². The van der Waals surface area contributed by atoms with Crippen LogP contribution in [0.5, 0.6) is 5.75 Å². The molecular formula is C16H20N4O2. The van der Waals surface area contributed by atoms with Gasteiger partial charge in [0.2, 0.25) is 0 Å². The molecule has 22 heavy (non-hydrogen) atoms. The molecule has 1 saturated heterocycles. The monoisotopic (exact) mass is 300 g/mol. The SMILES string of the molecule is COCCOc1cnc(-c2ccccn2)nc1N1CCCC1. The third-order valence-electron chi connectivity index (χ3n) is 3.58. The molecule has 2 aromatic heterocycles. The molecule has 0 spiro atoms. The van der Waals surface area contributed by atoms with E-state index in [2.05, 4.69) is 14.9 Å². The largest absolute Gasteiger partial charge is 0.486 e. The number of anilines is 1. The van der Waals surface area contributed by atoms with Crippen LogP contribution in [0.15, 0.2) is 30.6 Å². The topological polar surface area (TPSA) is 60.4 Å². The van der Waals surface area contributed by atoms with Gasteiger partial charge in [-0.3, -0.25) is 4.98 Å². The summed E-state index contributed by atoms with van der Waals surface area (Å²) in [4.78, 5) is 15.6. The van der Waals surface area contributed by atoms with Gasteiger partial charge in [0.1, 0.15) is 12.3 Å². The number of hydrogen-bond donors (Lipinski definition) is 0. The van der Waals surface area contributed by atoms with E-state index in [1.165, 1.54) is 12.8 Å². The molecule has 2 aromatic rings. The molecule has 1 fully saturated rings. The third-order valence-corrected chi connectivity index (χ3v) is 3.58. The number of ether oxygens (including phenoxy) is 2. The summed E-state index contributed by atoms with van der Waals surface area (Å²) in [5, 5.41) is 0. The Morgan fingerprint density at radius 2 is 2.00 bits per heavy atom. The van der Waals surface area contributed by atoms with E-state index in [1.54, 1.807) is 19.5 Å². The van der Waals surface area contributed by atoms with Gasteiger partial charge in [-0.25, -0.2) is 9.97 Å². The summed E-state index contributed by atoms with van der Waals surface area (Å²) >= 11 is 0. The highest BCUT2D eigenvalue weighted by Crippen LogP contribution is 2.30. The van der Waals surface area contributed by atoms with Crippen LogP contribution in [0.3, 0.4) is 0 Å². The van der Waals surface area contributed by atoms with Crippen molar-refractivity contribution in [2.75, 3.05) is 38.3 Å². The number of pyridine rings is 1. The van der Waals surface area contributed by atoms with Gasteiger partial charge < -0.3 is 14.4 Å². The second-order valence-corrected chi connectivity index (χ2v) is 5.13. The standard InChI is InChI=1S/C16H20N4O2/c1-21-10-11-22-14-12-18-15(13-6-2-3-7-17-13)19-16(14)20-8-4-5-9-20/h2-3,6-7,12H,4-5,8-11H2,1H3. The quantitative estimate of drug-likeness (QED) is 0.762. The summed E-state index contributed by atoms with van der Waals surface area (Å²) < 4.78 is 10.8. The smallest absolute Gasteiger partial charge is 0.180 e.